The summed E-state index contributed by atoms with van der Waals surface area (Å²) in [5.74, 6) is 0.414. The number of benzene rings is 2. The van der Waals surface area contributed by atoms with Crippen molar-refractivity contribution in [2.24, 2.45) is 0 Å². The second kappa shape index (κ2) is 9.53. The summed E-state index contributed by atoms with van der Waals surface area (Å²) in [6, 6.07) is 12.9. The van der Waals surface area contributed by atoms with Gasteiger partial charge in [-0.25, -0.2) is 0 Å². The molecule has 0 bridgehead atoms. The molecule has 1 amide bonds. The normalized spacial score (nSPS) is 10.2. The Balaban J connectivity index is 1.96. The molecular weight excluding hydrogens is 400 g/mol. The molecule has 2 aromatic rings. The molecule has 0 spiro atoms. The number of hydrogen-bond donors (Lipinski definition) is 2. The first kappa shape index (κ1) is 19.4. The molecular formula is C19H21BrN2O2S. The number of aryl methyl sites for hydroxylation is 1. The maximum atomic E-state index is 12.4. The highest BCUT2D eigenvalue weighted by atomic mass is 79.9. The first-order valence-electron chi connectivity index (χ1n) is 8.11. The molecule has 0 saturated carbocycles. The number of anilines is 1. The summed E-state index contributed by atoms with van der Waals surface area (Å²) < 4.78 is 6.62. The largest absolute Gasteiger partial charge is 0.494 e. The molecule has 0 aliphatic rings. The van der Waals surface area contributed by atoms with E-state index in [1.807, 2.05) is 31.2 Å². The molecule has 0 aliphatic heterocycles. The lowest BCUT2D eigenvalue weighted by molar-refractivity contribution is 0.0977. The molecule has 4 nitrogen and oxygen atoms in total. The zero-order chi connectivity index (χ0) is 18.2. The van der Waals surface area contributed by atoms with E-state index in [1.165, 1.54) is 0 Å². The number of unbranched alkanes of at least 4 members (excludes halogenated alkanes) is 1. The van der Waals surface area contributed by atoms with Crippen molar-refractivity contribution in [3.8, 4) is 5.75 Å². The summed E-state index contributed by atoms with van der Waals surface area (Å²) in [5.41, 5.74) is 2.38. The van der Waals surface area contributed by atoms with E-state index in [9.17, 15) is 4.79 Å². The molecule has 2 N–H and O–H groups in total. The average molecular weight is 421 g/mol. The molecule has 0 aliphatic carbocycles. The number of amides is 1. The van der Waals surface area contributed by atoms with Crippen molar-refractivity contribution in [3.63, 3.8) is 0 Å². The van der Waals surface area contributed by atoms with Crippen LogP contribution in [0.25, 0.3) is 0 Å². The molecule has 0 fully saturated rings. The van der Waals surface area contributed by atoms with Gasteiger partial charge >= 0.3 is 0 Å². The van der Waals surface area contributed by atoms with Gasteiger partial charge < -0.3 is 10.1 Å². The second-order valence-corrected chi connectivity index (χ2v) is 6.92. The zero-order valence-electron chi connectivity index (χ0n) is 14.3. The highest BCUT2D eigenvalue weighted by molar-refractivity contribution is 9.10. The molecule has 0 radical (unpaired) electrons. The summed E-state index contributed by atoms with van der Waals surface area (Å²) in [7, 11) is 0. The first-order chi connectivity index (χ1) is 12.0. The number of ether oxygens (including phenoxy) is 1. The molecule has 0 unspecified atom stereocenters. The third-order valence-electron chi connectivity index (χ3n) is 3.53. The van der Waals surface area contributed by atoms with Gasteiger partial charge in [-0.1, -0.05) is 35.3 Å². The van der Waals surface area contributed by atoms with Crippen molar-refractivity contribution in [2.75, 3.05) is 11.9 Å². The van der Waals surface area contributed by atoms with Crippen LogP contribution >= 0.6 is 28.1 Å². The van der Waals surface area contributed by atoms with Crippen molar-refractivity contribution in [3.05, 3.63) is 58.1 Å². The molecule has 2 aromatic carbocycles. The van der Waals surface area contributed by atoms with Gasteiger partial charge in [0.15, 0.2) is 5.11 Å². The fourth-order valence-corrected chi connectivity index (χ4v) is 2.84. The van der Waals surface area contributed by atoms with E-state index in [4.69, 9.17) is 17.0 Å². The minimum absolute atomic E-state index is 0.257. The van der Waals surface area contributed by atoms with Crippen LogP contribution in [-0.4, -0.2) is 17.6 Å². The first-order valence-corrected chi connectivity index (χ1v) is 9.31. The molecule has 6 heteroatoms. The lowest BCUT2D eigenvalue weighted by Gasteiger charge is -2.12. The van der Waals surface area contributed by atoms with E-state index in [0.29, 0.717) is 17.9 Å². The predicted molar refractivity (Wildman–Crippen MR) is 109 cm³/mol. The summed E-state index contributed by atoms with van der Waals surface area (Å²) in [6.45, 7) is 4.72. The Morgan fingerprint density at radius 1 is 1.24 bits per heavy atom. The van der Waals surface area contributed by atoms with E-state index >= 15 is 0 Å². The number of halogens is 1. The lowest BCUT2D eigenvalue weighted by Crippen LogP contribution is -2.34. The number of hydrogen-bond acceptors (Lipinski definition) is 3. The second-order valence-electron chi connectivity index (χ2n) is 5.60. The van der Waals surface area contributed by atoms with Crippen LogP contribution in [0.5, 0.6) is 5.75 Å². The quantitative estimate of drug-likeness (QED) is 0.506. The van der Waals surface area contributed by atoms with Crippen molar-refractivity contribution in [1.82, 2.24) is 5.32 Å². The SMILES string of the molecule is CCCCOc1cccc(C(=O)NC(=S)Nc2ccc(Br)cc2C)c1. The lowest BCUT2D eigenvalue weighted by atomic mass is 10.2. The van der Waals surface area contributed by atoms with Gasteiger partial charge in [0.2, 0.25) is 0 Å². The average Bonchev–Trinajstić information content (AvgIpc) is 2.58. The number of nitrogens with one attached hydrogen (secondary N) is 2. The van der Waals surface area contributed by atoms with Gasteiger partial charge in [0.05, 0.1) is 6.61 Å². The summed E-state index contributed by atoms with van der Waals surface area (Å²) in [6.07, 6.45) is 2.05. The monoisotopic (exact) mass is 420 g/mol. The third kappa shape index (κ3) is 6.14. The fraction of sp³-hybridized carbons (Fsp3) is 0.263. The molecule has 2 rings (SSSR count). The van der Waals surface area contributed by atoms with E-state index in [-0.39, 0.29) is 11.0 Å². The predicted octanol–water partition coefficient (Wildman–Crippen LogP) is 5.06. The molecule has 0 heterocycles. The summed E-state index contributed by atoms with van der Waals surface area (Å²) in [4.78, 5) is 12.4. The Labute approximate surface area is 162 Å². The molecule has 0 saturated heterocycles. The zero-order valence-corrected chi connectivity index (χ0v) is 16.7. The van der Waals surface area contributed by atoms with Gasteiger partial charge in [0, 0.05) is 15.7 Å². The highest BCUT2D eigenvalue weighted by Gasteiger charge is 2.10. The van der Waals surface area contributed by atoms with Crippen LogP contribution in [0.15, 0.2) is 46.9 Å². The molecule has 0 aromatic heterocycles. The highest BCUT2D eigenvalue weighted by Crippen LogP contribution is 2.20. The van der Waals surface area contributed by atoms with Gasteiger partial charge in [-0.05, 0) is 67.5 Å². The van der Waals surface area contributed by atoms with Crippen molar-refractivity contribution in [1.29, 1.82) is 0 Å². The van der Waals surface area contributed by atoms with Crippen LogP contribution in [0.1, 0.15) is 35.7 Å². The van der Waals surface area contributed by atoms with Gasteiger partial charge in [0.25, 0.3) is 5.91 Å². The Hall–Kier alpha value is -1.92. The maximum absolute atomic E-state index is 12.4. The standard InChI is InChI=1S/C19H21BrN2O2S/c1-3-4-10-24-16-7-5-6-14(12-16)18(23)22-19(25)21-17-9-8-15(20)11-13(17)2/h5-9,11-12H,3-4,10H2,1-2H3,(H2,21,22,23,25). The third-order valence-corrected chi connectivity index (χ3v) is 4.22. The van der Waals surface area contributed by atoms with Gasteiger partial charge in [-0.2, -0.15) is 0 Å². The minimum atomic E-state index is -0.270. The Morgan fingerprint density at radius 2 is 2.04 bits per heavy atom. The van der Waals surface area contributed by atoms with Crippen molar-refractivity contribution in [2.45, 2.75) is 26.7 Å². The smallest absolute Gasteiger partial charge is 0.257 e. The summed E-state index contributed by atoms with van der Waals surface area (Å²) >= 11 is 8.66. The number of carbonyl (C=O) groups is 1. The van der Waals surface area contributed by atoms with Crippen LogP contribution in [0.4, 0.5) is 5.69 Å². The number of rotatable bonds is 6. The van der Waals surface area contributed by atoms with Crippen LogP contribution in [-0.2, 0) is 0 Å². The minimum Gasteiger partial charge on any atom is -0.494 e. The van der Waals surface area contributed by atoms with Crippen LogP contribution in [0, 0.1) is 6.92 Å². The van der Waals surface area contributed by atoms with Crippen molar-refractivity contribution < 1.29 is 9.53 Å². The Bertz CT molecular complexity index is 765. The Kier molecular flexibility index (Phi) is 7.40. The maximum Gasteiger partial charge on any atom is 0.257 e. The number of thiocarbonyl (C=S) groups is 1. The van der Waals surface area contributed by atoms with Crippen molar-refractivity contribution >= 4 is 44.9 Å². The molecule has 0 atom stereocenters. The van der Waals surface area contributed by atoms with E-state index in [1.54, 1.807) is 18.2 Å². The van der Waals surface area contributed by atoms with Gasteiger partial charge in [-0.3, -0.25) is 10.1 Å². The molecule has 132 valence electrons. The van der Waals surface area contributed by atoms with Crippen LogP contribution in [0.3, 0.4) is 0 Å². The van der Waals surface area contributed by atoms with E-state index in [0.717, 1.165) is 28.6 Å². The fourth-order valence-electron chi connectivity index (χ4n) is 2.16. The van der Waals surface area contributed by atoms with E-state index < -0.39 is 0 Å². The Morgan fingerprint density at radius 3 is 2.76 bits per heavy atom. The topological polar surface area (TPSA) is 50.4 Å². The van der Waals surface area contributed by atoms with Gasteiger partial charge in [-0.15, -0.1) is 0 Å². The van der Waals surface area contributed by atoms with Gasteiger partial charge in [0.1, 0.15) is 5.75 Å². The number of carbonyl (C=O) groups excluding carboxylic acids is 1. The summed E-state index contributed by atoms with van der Waals surface area (Å²) in [5, 5.41) is 5.99. The molecule has 25 heavy (non-hydrogen) atoms. The van der Waals surface area contributed by atoms with Crippen LogP contribution < -0.4 is 15.4 Å². The van der Waals surface area contributed by atoms with E-state index in [2.05, 4.69) is 33.5 Å². The van der Waals surface area contributed by atoms with Crippen LogP contribution in [0.2, 0.25) is 0 Å².